The van der Waals surface area contributed by atoms with Crippen molar-refractivity contribution in [3.63, 3.8) is 0 Å². The molecule has 0 aliphatic carbocycles. The van der Waals surface area contributed by atoms with Crippen LogP contribution >= 0.6 is 0 Å². The van der Waals surface area contributed by atoms with E-state index >= 15 is 0 Å². The zero-order valence-corrected chi connectivity index (χ0v) is 10.4. The number of hydrogen-bond donors (Lipinski definition) is 0. The molecule has 0 bridgehead atoms. The molecule has 0 saturated carbocycles. The lowest BCUT2D eigenvalue weighted by Crippen LogP contribution is -1.89. The predicted molar refractivity (Wildman–Crippen MR) is 75.7 cm³/mol. The fourth-order valence-electron chi connectivity index (χ4n) is 2.23. The summed E-state index contributed by atoms with van der Waals surface area (Å²) in [7, 11) is 0. The fourth-order valence-corrected chi connectivity index (χ4v) is 2.23. The topological polar surface area (TPSA) is 12.9 Å². The molecule has 0 radical (unpaired) electrons. The average molecular weight is 233 g/mol. The fraction of sp³-hybridized carbons (Fsp3) is 0.118. The molecule has 0 atom stereocenters. The molecule has 0 fully saturated rings. The first kappa shape index (κ1) is 11.0. The van der Waals surface area contributed by atoms with Crippen molar-refractivity contribution in [2.75, 3.05) is 0 Å². The first-order chi connectivity index (χ1) is 8.81. The van der Waals surface area contributed by atoms with Crippen molar-refractivity contribution in [1.29, 1.82) is 0 Å². The highest BCUT2D eigenvalue weighted by Gasteiger charge is 1.99. The average Bonchev–Trinajstić information content (AvgIpc) is 2.39. The largest absolute Gasteiger partial charge is 0.256 e. The van der Waals surface area contributed by atoms with Crippen LogP contribution in [0.3, 0.4) is 0 Å². The Hall–Kier alpha value is -2.15. The van der Waals surface area contributed by atoms with Crippen molar-refractivity contribution in [3.8, 4) is 0 Å². The van der Waals surface area contributed by atoms with Crippen molar-refractivity contribution in [1.82, 2.24) is 4.98 Å². The summed E-state index contributed by atoms with van der Waals surface area (Å²) in [4.78, 5) is 4.43. The van der Waals surface area contributed by atoms with Crippen molar-refractivity contribution in [2.45, 2.75) is 13.3 Å². The Morgan fingerprint density at radius 1 is 0.889 bits per heavy atom. The summed E-state index contributed by atoms with van der Waals surface area (Å²) in [6.45, 7) is 2.08. The second-order valence-corrected chi connectivity index (χ2v) is 4.70. The van der Waals surface area contributed by atoms with Crippen LogP contribution in [-0.4, -0.2) is 4.98 Å². The maximum atomic E-state index is 4.43. The number of hydrogen-bond acceptors (Lipinski definition) is 1. The van der Waals surface area contributed by atoms with Gasteiger partial charge in [0.05, 0.1) is 5.52 Å². The highest BCUT2D eigenvalue weighted by molar-refractivity contribution is 5.79. The molecule has 0 aliphatic rings. The van der Waals surface area contributed by atoms with Gasteiger partial charge in [0.15, 0.2) is 0 Å². The first-order valence-corrected chi connectivity index (χ1v) is 6.20. The van der Waals surface area contributed by atoms with Crippen LogP contribution < -0.4 is 0 Å². The van der Waals surface area contributed by atoms with E-state index in [1.165, 1.54) is 22.1 Å². The number of rotatable bonds is 2. The van der Waals surface area contributed by atoms with E-state index in [9.17, 15) is 0 Å². The molecular formula is C17H15N. The molecule has 0 spiro atoms. The van der Waals surface area contributed by atoms with Gasteiger partial charge in [0.1, 0.15) is 0 Å². The van der Waals surface area contributed by atoms with Crippen molar-refractivity contribution < 1.29 is 0 Å². The molecule has 1 heteroatoms. The van der Waals surface area contributed by atoms with Gasteiger partial charge in [0.25, 0.3) is 0 Å². The molecule has 3 aromatic rings. The van der Waals surface area contributed by atoms with Crippen LogP contribution in [0.2, 0.25) is 0 Å². The number of aryl methyl sites for hydroxylation is 1. The third-order valence-corrected chi connectivity index (χ3v) is 3.13. The summed E-state index contributed by atoms with van der Waals surface area (Å²) in [5.41, 5.74) is 4.95. The Kier molecular flexibility index (Phi) is 2.81. The molecule has 0 aliphatic heterocycles. The van der Waals surface area contributed by atoms with Crippen LogP contribution in [0.25, 0.3) is 10.9 Å². The number of benzene rings is 2. The van der Waals surface area contributed by atoms with E-state index in [1.54, 1.807) is 0 Å². The quantitative estimate of drug-likeness (QED) is 0.648. The van der Waals surface area contributed by atoms with Crippen molar-refractivity contribution in [2.24, 2.45) is 0 Å². The number of fused-ring (bicyclic) bond motifs is 1. The van der Waals surface area contributed by atoms with Crippen LogP contribution in [0.1, 0.15) is 16.7 Å². The molecule has 1 nitrogen and oxygen atoms in total. The van der Waals surface area contributed by atoms with Crippen LogP contribution in [0.5, 0.6) is 0 Å². The smallest absolute Gasteiger partial charge is 0.0702 e. The Bertz CT molecular complexity index is 672. The second kappa shape index (κ2) is 4.61. The standard InChI is InChI=1S/C17H15N/c1-13-9-16-11-15(7-8-17(16)18-12-13)10-14-5-3-2-4-6-14/h2-9,11-12H,10H2,1H3. The number of aromatic nitrogens is 1. The Labute approximate surface area is 107 Å². The first-order valence-electron chi connectivity index (χ1n) is 6.20. The normalized spacial score (nSPS) is 10.7. The second-order valence-electron chi connectivity index (χ2n) is 4.70. The minimum absolute atomic E-state index is 0.977. The van der Waals surface area contributed by atoms with Gasteiger partial charge in [-0.25, -0.2) is 0 Å². The Morgan fingerprint density at radius 3 is 2.56 bits per heavy atom. The van der Waals surface area contributed by atoms with Crippen molar-refractivity contribution >= 4 is 10.9 Å². The SMILES string of the molecule is Cc1cnc2ccc(Cc3ccccc3)cc2c1. The Morgan fingerprint density at radius 2 is 1.72 bits per heavy atom. The summed E-state index contributed by atoms with van der Waals surface area (Å²) in [5, 5.41) is 1.23. The summed E-state index contributed by atoms with van der Waals surface area (Å²) >= 11 is 0. The summed E-state index contributed by atoms with van der Waals surface area (Å²) in [5.74, 6) is 0. The number of nitrogens with zero attached hydrogens (tertiary/aromatic N) is 1. The molecule has 0 N–H and O–H groups in total. The van der Waals surface area contributed by atoms with Crippen LogP contribution in [-0.2, 0) is 6.42 Å². The lowest BCUT2D eigenvalue weighted by atomic mass is 10.0. The van der Waals surface area contributed by atoms with E-state index in [2.05, 4.69) is 66.5 Å². The molecule has 1 aromatic heterocycles. The molecule has 2 aromatic carbocycles. The minimum Gasteiger partial charge on any atom is -0.256 e. The highest BCUT2D eigenvalue weighted by atomic mass is 14.6. The molecule has 0 unspecified atom stereocenters. The summed E-state index contributed by atoms with van der Waals surface area (Å²) < 4.78 is 0. The van der Waals surface area contributed by atoms with Gasteiger partial charge in [0, 0.05) is 11.6 Å². The van der Waals surface area contributed by atoms with Gasteiger partial charge < -0.3 is 0 Å². The van der Waals surface area contributed by atoms with Gasteiger partial charge >= 0.3 is 0 Å². The van der Waals surface area contributed by atoms with E-state index in [-0.39, 0.29) is 0 Å². The minimum atomic E-state index is 0.977. The third-order valence-electron chi connectivity index (χ3n) is 3.13. The monoisotopic (exact) mass is 233 g/mol. The van der Waals surface area contributed by atoms with Crippen molar-refractivity contribution in [3.05, 3.63) is 77.5 Å². The zero-order valence-electron chi connectivity index (χ0n) is 10.4. The highest BCUT2D eigenvalue weighted by Crippen LogP contribution is 2.17. The maximum Gasteiger partial charge on any atom is 0.0702 e. The molecule has 1 heterocycles. The number of pyridine rings is 1. The third kappa shape index (κ3) is 2.25. The van der Waals surface area contributed by atoms with Crippen LogP contribution in [0.4, 0.5) is 0 Å². The summed E-state index contributed by atoms with van der Waals surface area (Å²) in [6.07, 6.45) is 2.89. The van der Waals surface area contributed by atoms with Crippen LogP contribution in [0.15, 0.2) is 60.8 Å². The van der Waals surface area contributed by atoms with Gasteiger partial charge in [-0.05, 0) is 48.2 Å². The predicted octanol–water partition coefficient (Wildman–Crippen LogP) is 4.13. The maximum absolute atomic E-state index is 4.43. The molecule has 0 amide bonds. The summed E-state index contributed by atoms with van der Waals surface area (Å²) in [6, 6.07) is 19.3. The molecule has 88 valence electrons. The van der Waals surface area contributed by atoms with Gasteiger partial charge in [-0.3, -0.25) is 4.98 Å². The molecular weight excluding hydrogens is 218 g/mol. The lowest BCUT2D eigenvalue weighted by Gasteiger charge is -2.04. The zero-order chi connectivity index (χ0) is 12.4. The van der Waals surface area contributed by atoms with Gasteiger partial charge in [-0.15, -0.1) is 0 Å². The molecule has 3 rings (SSSR count). The van der Waals surface area contributed by atoms with E-state index in [0.717, 1.165) is 11.9 Å². The Balaban J connectivity index is 1.98. The van der Waals surface area contributed by atoms with Gasteiger partial charge in [-0.1, -0.05) is 36.4 Å². The van der Waals surface area contributed by atoms with E-state index in [4.69, 9.17) is 0 Å². The molecule has 18 heavy (non-hydrogen) atoms. The van der Waals surface area contributed by atoms with E-state index in [1.807, 2.05) is 6.20 Å². The van der Waals surface area contributed by atoms with E-state index < -0.39 is 0 Å². The van der Waals surface area contributed by atoms with Gasteiger partial charge in [-0.2, -0.15) is 0 Å². The lowest BCUT2D eigenvalue weighted by molar-refractivity contribution is 1.20. The molecule has 0 saturated heterocycles. The van der Waals surface area contributed by atoms with E-state index in [0.29, 0.717) is 0 Å². The van der Waals surface area contributed by atoms with Crippen LogP contribution in [0, 0.1) is 6.92 Å². The van der Waals surface area contributed by atoms with Gasteiger partial charge in [0.2, 0.25) is 0 Å².